The lowest BCUT2D eigenvalue weighted by Gasteiger charge is -2.39. The Labute approximate surface area is 114 Å². The second kappa shape index (κ2) is 5.21. The first-order valence-corrected chi connectivity index (χ1v) is 7.11. The monoisotopic (exact) mass is 259 g/mol. The molecule has 0 bridgehead atoms. The van der Waals surface area contributed by atoms with Gasteiger partial charge in [-0.25, -0.2) is 0 Å². The Balaban J connectivity index is 1.89. The van der Waals surface area contributed by atoms with Crippen LogP contribution >= 0.6 is 0 Å². The van der Waals surface area contributed by atoms with Crippen molar-refractivity contribution in [2.24, 2.45) is 5.73 Å². The third-order valence-electron chi connectivity index (χ3n) is 4.11. The van der Waals surface area contributed by atoms with Crippen molar-refractivity contribution < 1.29 is 4.79 Å². The minimum Gasteiger partial charge on any atom is -0.366 e. The van der Waals surface area contributed by atoms with Crippen molar-refractivity contribution >= 4 is 11.6 Å². The van der Waals surface area contributed by atoms with Crippen LogP contribution in [-0.2, 0) is 11.2 Å². The molecule has 3 N–H and O–H groups in total. The van der Waals surface area contributed by atoms with Gasteiger partial charge in [0.2, 0.25) is 5.91 Å². The highest BCUT2D eigenvalue weighted by Crippen LogP contribution is 2.30. The first kappa shape index (κ1) is 12.5. The fourth-order valence-electron chi connectivity index (χ4n) is 3.23. The average molecular weight is 259 g/mol. The van der Waals surface area contributed by atoms with E-state index in [-0.39, 0.29) is 18.0 Å². The number of para-hydroxylation sites is 1. The van der Waals surface area contributed by atoms with Crippen molar-refractivity contribution in [1.82, 2.24) is 5.32 Å². The standard InChI is InChI=1S/C15H21N3O/c16-12-8-11-4-1-2-6-14(11)18(10-12)13-5-3-7-17-15(19)9-13/h1-2,4,6,12-13H,3,5,7-10,16H2,(H,17,19). The highest BCUT2D eigenvalue weighted by atomic mass is 16.1. The first-order chi connectivity index (χ1) is 9.24. The van der Waals surface area contributed by atoms with Crippen molar-refractivity contribution in [3.63, 3.8) is 0 Å². The molecule has 1 amide bonds. The van der Waals surface area contributed by atoms with Gasteiger partial charge in [0, 0.05) is 37.3 Å². The number of carbonyl (C=O) groups excluding carboxylic acids is 1. The van der Waals surface area contributed by atoms with Crippen molar-refractivity contribution in [1.29, 1.82) is 0 Å². The molecule has 0 spiro atoms. The van der Waals surface area contributed by atoms with Gasteiger partial charge in [0.05, 0.1) is 0 Å². The summed E-state index contributed by atoms with van der Waals surface area (Å²) >= 11 is 0. The van der Waals surface area contributed by atoms with Crippen LogP contribution in [0.4, 0.5) is 5.69 Å². The third-order valence-corrected chi connectivity index (χ3v) is 4.11. The zero-order valence-corrected chi connectivity index (χ0v) is 11.1. The van der Waals surface area contributed by atoms with E-state index in [1.54, 1.807) is 0 Å². The molecule has 3 rings (SSSR count). The van der Waals surface area contributed by atoms with Crippen molar-refractivity contribution in [3.8, 4) is 0 Å². The second-order valence-electron chi connectivity index (χ2n) is 5.60. The molecule has 1 aromatic carbocycles. The summed E-state index contributed by atoms with van der Waals surface area (Å²) in [6.45, 7) is 1.66. The lowest BCUT2D eigenvalue weighted by Crippen LogP contribution is -2.48. The van der Waals surface area contributed by atoms with Crippen LogP contribution in [0.25, 0.3) is 0 Å². The zero-order chi connectivity index (χ0) is 13.2. The summed E-state index contributed by atoms with van der Waals surface area (Å²) in [5.41, 5.74) is 8.76. The maximum absolute atomic E-state index is 11.8. The second-order valence-corrected chi connectivity index (χ2v) is 5.60. The lowest BCUT2D eigenvalue weighted by atomic mass is 9.95. The fraction of sp³-hybridized carbons (Fsp3) is 0.533. The van der Waals surface area contributed by atoms with Crippen LogP contribution in [-0.4, -0.2) is 31.1 Å². The molecule has 2 unspecified atom stereocenters. The van der Waals surface area contributed by atoms with Gasteiger partial charge in [-0.2, -0.15) is 0 Å². The van der Waals surface area contributed by atoms with E-state index in [1.807, 2.05) is 0 Å². The van der Waals surface area contributed by atoms with E-state index in [4.69, 9.17) is 5.73 Å². The van der Waals surface area contributed by atoms with Gasteiger partial charge in [-0.15, -0.1) is 0 Å². The Kier molecular flexibility index (Phi) is 3.42. The number of amides is 1. The summed E-state index contributed by atoms with van der Waals surface area (Å²) in [5.74, 6) is 0.166. The largest absolute Gasteiger partial charge is 0.366 e. The highest BCUT2D eigenvalue weighted by Gasteiger charge is 2.29. The number of carbonyl (C=O) groups is 1. The van der Waals surface area contributed by atoms with Crippen molar-refractivity contribution in [2.75, 3.05) is 18.0 Å². The number of nitrogens with one attached hydrogen (secondary N) is 1. The molecule has 0 radical (unpaired) electrons. The SMILES string of the molecule is NC1Cc2ccccc2N(C2CCCNC(=O)C2)C1. The van der Waals surface area contributed by atoms with Crippen LogP contribution in [0.3, 0.4) is 0 Å². The molecule has 4 heteroatoms. The van der Waals surface area contributed by atoms with Gasteiger partial charge in [-0.3, -0.25) is 4.79 Å². The molecule has 1 fully saturated rings. The predicted molar refractivity (Wildman–Crippen MR) is 76.1 cm³/mol. The van der Waals surface area contributed by atoms with Crippen LogP contribution < -0.4 is 16.0 Å². The number of fused-ring (bicyclic) bond motifs is 1. The predicted octanol–water partition coefficient (Wildman–Crippen LogP) is 1.05. The molecule has 2 atom stereocenters. The van der Waals surface area contributed by atoms with Gasteiger partial charge in [0.15, 0.2) is 0 Å². The molecule has 19 heavy (non-hydrogen) atoms. The van der Waals surface area contributed by atoms with Gasteiger partial charge in [0.1, 0.15) is 0 Å². The Bertz CT molecular complexity index is 474. The minimum atomic E-state index is 0.166. The van der Waals surface area contributed by atoms with Crippen LogP contribution in [0.2, 0.25) is 0 Å². The normalized spacial score (nSPS) is 27.4. The van der Waals surface area contributed by atoms with Crippen LogP contribution in [0, 0.1) is 0 Å². The lowest BCUT2D eigenvalue weighted by molar-refractivity contribution is -0.121. The summed E-state index contributed by atoms with van der Waals surface area (Å²) in [6.07, 6.45) is 3.62. The summed E-state index contributed by atoms with van der Waals surface area (Å²) < 4.78 is 0. The van der Waals surface area contributed by atoms with E-state index in [0.29, 0.717) is 6.42 Å². The molecular weight excluding hydrogens is 238 g/mol. The maximum atomic E-state index is 11.8. The Hall–Kier alpha value is -1.55. The van der Waals surface area contributed by atoms with Gasteiger partial charge in [-0.05, 0) is 30.9 Å². The molecule has 102 valence electrons. The smallest absolute Gasteiger partial charge is 0.222 e. The summed E-state index contributed by atoms with van der Waals surface area (Å²) in [5, 5.41) is 2.95. The molecule has 2 aliphatic rings. The molecule has 1 aromatic rings. The van der Waals surface area contributed by atoms with Gasteiger partial charge >= 0.3 is 0 Å². The number of hydrogen-bond acceptors (Lipinski definition) is 3. The highest BCUT2D eigenvalue weighted by molar-refractivity contribution is 5.77. The fourth-order valence-corrected chi connectivity index (χ4v) is 3.23. The van der Waals surface area contributed by atoms with E-state index in [1.165, 1.54) is 11.3 Å². The van der Waals surface area contributed by atoms with E-state index in [0.717, 1.165) is 32.4 Å². The summed E-state index contributed by atoms with van der Waals surface area (Å²) in [4.78, 5) is 14.1. The molecule has 4 nitrogen and oxygen atoms in total. The van der Waals surface area contributed by atoms with Gasteiger partial charge < -0.3 is 16.0 Å². The van der Waals surface area contributed by atoms with E-state index < -0.39 is 0 Å². The van der Waals surface area contributed by atoms with E-state index in [9.17, 15) is 4.79 Å². The number of anilines is 1. The third kappa shape index (κ3) is 2.59. The van der Waals surface area contributed by atoms with E-state index >= 15 is 0 Å². The molecule has 0 saturated carbocycles. The number of nitrogens with two attached hydrogens (primary N) is 1. The average Bonchev–Trinajstić information content (AvgIpc) is 2.62. The zero-order valence-electron chi connectivity index (χ0n) is 11.1. The van der Waals surface area contributed by atoms with Crippen LogP contribution in [0.1, 0.15) is 24.8 Å². The van der Waals surface area contributed by atoms with Crippen molar-refractivity contribution in [2.45, 2.75) is 37.8 Å². The van der Waals surface area contributed by atoms with Gasteiger partial charge in [0.25, 0.3) is 0 Å². The Morgan fingerprint density at radius 3 is 3.00 bits per heavy atom. The Morgan fingerprint density at radius 2 is 2.11 bits per heavy atom. The summed E-state index contributed by atoms with van der Waals surface area (Å²) in [7, 11) is 0. The molecule has 2 heterocycles. The number of nitrogens with zero attached hydrogens (tertiary/aromatic N) is 1. The summed E-state index contributed by atoms with van der Waals surface area (Å²) in [6, 6.07) is 8.90. The number of rotatable bonds is 1. The minimum absolute atomic E-state index is 0.166. The number of benzene rings is 1. The molecular formula is C15H21N3O. The molecule has 2 aliphatic heterocycles. The van der Waals surface area contributed by atoms with E-state index in [2.05, 4.69) is 34.5 Å². The number of hydrogen-bond donors (Lipinski definition) is 2. The van der Waals surface area contributed by atoms with Crippen LogP contribution in [0.15, 0.2) is 24.3 Å². The Morgan fingerprint density at radius 1 is 1.26 bits per heavy atom. The first-order valence-electron chi connectivity index (χ1n) is 7.11. The topological polar surface area (TPSA) is 58.4 Å². The van der Waals surface area contributed by atoms with Gasteiger partial charge in [-0.1, -0.05) is 18.2 Å². The quantitative estimate of drug-likeness (QED) is 0.792. The molecule has 1 saturated heterocycles. The molecule has 0 aromatic heterocycles. The molecule has 0 aliphatic carbocycles. The maximum Gasteiger partial charge on any atom is 0.222 e. The van der Waals surface area contributed by atoms with Crippen LogP contribution in [0.5, 0.6) is 0 Å². The van der Waals surface area contributed by atoms with Crippen molar-refractivity contribution in [3.05, 3.63) is 29.8 Å².